The molecule has 4 rings (SSSR count). The second kappa shape index (κ2) is 14.5. The van der Waals surface area contributed by atoms with Gasteiger partial charge in [-0.1, -0.05) is 12.1 Å². The second-order valence-corrected chi connectivity index (χ2v) is 10.4. The fourth-order valence-electron chi connectivity index (χ4n) is 4.76. The number of aromatic hydroxyl groups is 4. The molecule has 44 heavy (non-hydrogen) atoms. The Balaban J connectivity index is 1.52. The number of benzene rings is 2. The lowest BCUT2D eigenvalue weighted by Crippen LogP contribution is -2.65. The van der Waals surface area contributed by atoms with Crippen molar-refractivity contribution in [3.63, 3.8) is 0 Å². The summed E-state index contributed by atoms with van der Waals surface area (Å²) in [4.78, 5) is 12.8. The van der Waals surface area contributed by atoms with Gasteiger partial charge in [0.15, 0.2) is 41.7 Å². The Kier molecular flexibility index (Phi) is 11.0. The predicted molar refractivity (Wildman–Crippen MR) is 147 cm³/mol. The zero-order chi connectivity index (χ0) is 32.1. The number of hydrogen-bond acceptors (Lipinski definition) is 15. The lowest BCUT2D eigenvalue weighted by atomic mass is 9.97. The molecule has 2 heterocycles. The predicted octanol–water partition coefficient (Wildman–Crippen LogP) is -1.02. The highest BCUT2D eigenvalue weighted by Gasteiger charge is 2.52. The summed E-state index contributed by atoms with van der Waals surface area (Å²) in [5.74, 6) is -2.40. The van der Waals surface area contributed by atoms with E-state index in [-0.39, 0.29) is 30.3 Å². The highest BCUT2D eigenvalue weighted by Crippen LogP contribution is 2.32. The molecule has 0 spiro atoms. The molecule has 2 aliphatic rings. The van der Waals surface area contributed by atoms with E-state index in [0.717, 1.165) is 6.08 Å². The summed E-state index contributed by atoms with van der Waals surface area (Å²) in [6.45, 7) is 0.606. The van der Waals surface area contributed by atoms with Crippen LogP contribution in [0.2, 0.25) is 0 Å². The van der Waals surface area contributed by atoms with Crippen LogP contribution in [0.15, 0.2) is 42.5 Å². The van der Waals surface area contributed by atoms with Gasteiger partial charge in [0.2, 0.25) is 0 Å². The first kappa shape index (κ1) is 33.4. The van der Waals surface area contributed by atoms with E-state index in [1.54, 1.807) is 6.07 Å². The molecular formula is C29H36O15. The van der Waals surface area contributed by atoms with Gasteiger partial charge in [0, 0.05) is 6.08 Å². The van der Waals surface area contributed by atoms with Crippen molar-refractivity contribution < 1.29 is 74.4 Å². The summed E-state index contributed by atoms with van der Waals surface area (Å²) in [7, 11) is 0. The molecule has 0 amide bonds. The van der Waals surface area contributed by atoms with Gasteiger partial charge < -0.3 is 69.6 Å². The average Bonchev–Trinajstić information content (AvgIpc) is 2.99. The van der Waals surface area contributed by atoms with Crippen LogP contribution in [0.5, 0.6) is 23.0 Å². The summed E-state index contributed by atoms with van der Waals surface area (Å²) in [5, 5.41) is 90.5. The summed E-state index contributed by atoms with van der Waals surface area (Å²) < 4.78 is 28.2. The van der Waals surface area contributed by atoms with Crippen molar-refractivity contribution >= 4 is 12.0 Å². The summed E-state index contributed by atoms with van der Waals surface area (Å²) in [5.41, 5.74) is 0.914. The molecule has 2 aromatic carbocycles. The van der Waals surface area contributed by atoms with Crippen LogP contribution in [0.1, 0.15) is 18.1 Å². The van der Waals surface area contributed by atoms with Crippen molar-refractivity contribution in [3.8, 4) is 23.0 Å². The van der Waals surface area contributed by atoms with Gasteiger partial charge in [-0.05, 0) is 54.8 Å². The maximum absolute atomic E-state index is 12.8. The molecule has 0 radical (unpaired) electrons. The number of rotatable bonds is 10. The third-order valence-electron chi connectivity index (χ3n) is 7.27. The zero-order valence-corrected chi connectivity index (χ0v) is 23.5. The molecule has 2 fully saturated rings. The molecule has 10 atom stereocenters. The average molecular weight is 625 g/mol. The van der Waals surface area contributed by atoms with E-state index in [1.165, 1.54) is 43.3 Å². The minimum absolute atomic E-state index is 0.0754. The van der Waals surface area contributed by atoms with Crippen LogP contribution in [-0.4, -0.2) is 127 Å². The minimum Gasteiger partial charge on any atom is -0.504 e. The molecule has 2 aromatic rings. The normalized spacial score (nSPS) is 32.5. The first-order valence-electron chi connectivity index (χ1n) is 13.7. The van der Waals surface area contributed by atoms with Gasteiger partial charge in [-0.2, -0.15) is 0 Å². The maximum Gasteiger partial charge on any atom is 0.331 e. The fourth-order valence-corrected chi connectivity index (χ4v) is 4.76. The van der Waals surface area contributed by atoms with Gasteiger partial charge in [0.1, 0.15) is 36.6 Å². The number of aliphatic hydroxyl groups excluding tert-OH is 5. The molecule has 0 unspecified atom stereocenters. The molecule has 242 valence electrons. The number of phenolic OH excluding ortho intramolecular Hbond substituents is 4. The Morgan fingerprint density at radius 3 is 2.16 bits per heavy atom. The van der Waals surface area contributed by atoms with Crippen LogP contribution in [0.3, 0.4) is 0 Å². The van der Waals surface area contributed by atoms with Crippen molar-refractivity contribution in [2.45, 2.75) is 74.8 Å². The molecule has 15 nitrogen and oxygen atoms in total. The fraction of sp³-hybridized carbons (Fsp3) is 0.483. The molecule has 0 aliphatic carbocycles. The quantitative estimate of drug-likeness (QED) is 0.0873. The molecule has 2 aliphatic heterocycles. The van der Waals surface area contributed by atoms with E-state index >= 15 is 0 Å². The standard InChI is InChI=1S/C29H36O15/c1-13-22(36)23(37)24(38)29(41-13)44-27-25(39)28(40-9-8-15-3-6-17(32)19(34)11-15)42-20(12-30)26(27)43-21(35)7-4-14-2-5-16(31)18(33)10-14/h2-7,10-11,13,20,22-34,36-39H,8-9,12H2,1H3/b7-4+/t13-,20+,22-,23+,24+,25+,26+,27+,28+,29+/m0/s1. The van der Waals surface area contributed by atoms with E-state index in [0.29, 0.717) is 11.1 Å². The Labute approximate surface area is 251 Å². The molecule has 0 aromatic heterocycles. The van der Waals surface area contributed by atoms with Crippen LogP contribution >= 0.6 is 0 Å². The lowest BCUT2D eigenvalue weighted by Gasteiger charge is -2.46. The van der Waals surface area contributed by atoms with Crippen LogP contribution in [0.25, 0.3) is 6.08 Å². The molecule has 15 heteroatoms. The van der Waals surface area contributed by atoms with Crippen LogP contribution in [0, 0.1) is 0 Å². The largest absolute Gasteiger partial charge is 0.504 e. The first-order chi connectivity index (χ1) is 20.9. The van der Waals surface area contributed by atoms with Crippen LogP contribution in [0.4, 0.5) is 0 Å². The zero-order valence-electron chi connectivity index (χ0n) is 23.5. The lowest BCUT2D eigenvalue weighted by molar-refractivity contribution is -0.357. The number of phenols is 4. The summed E-state index contributed by atoms with van der Waals surface area (Å²) in [6.07, 6.45) is -12.6. The van der Waals surface area contributed by atoms with Crippen molar-refractivity contribution in [3.05, 3.63) is 53.6 Å². The van der Waals surface area contributed by atoms with Crippen LogP contribution in [-0.2, 0) is 34.9 Å². The molecular weight excluding hydrogens is 588 g/mol. The molecule has 2 saturated heterocycles. The number of carbonyl (C=O) groups is 1. The Hall–Kier alpha value is -3.51. The molecule has 0 saturated carbocycles. The third kappa shape index (κ3) is 7.76. The van der Waals surface area contributed by atoms with Gasteiger partial charge >= 0.3 is 5.97 Å². The Morgan fingerprint density at radius 2 is 1.50 bits per heavy atom. The van der Waals surface area contributed by atoms with Gasteiger partial charge in [0.05, 0.1) is 19.3 Å². The van der Waals surface area contributed by atoms with E-state index < -0.39 is 79.7 Å². The Bertz CT molecular complexity index is 1300. The van der Waals surface area contributed by atoms with E-state index in [4.69, 9.17) is 23.7 Å². The molecule has 0 bridgehead atoms. The highest BCUT2D eigenvalue weighted by atomic mass is 16.7. The van der Waals surface area contributed by atoms with E-state index in [9.17, 15) is 50.8 Å². The SMILES string of the molecule is C[C@@H]1O[C@H](O[C@@H]2[C@@H](O)[C@H](OCCc3ccc(O)c(O)c3)O[C@H](CO)[C@H]2OC(=O)/C=C/c2ccc(O)c(O)c2)[C@H](O)[C@H](O)[C@H]1O. The molecule has 9 N–H and O–H groups in total. The number of ether oxygens (including phenoxy) is 5. The number of aliphatic hydroxyl groups is 5. The smallest absolute Gasteiger partial charge is 0.331 e. The van der Waals surface area contributed by atoms with Crippen molar-refractivity contribution in [2.75, 3.05) is 13.2 Å². The van der Waals surface area contributed by atoms with Crippen molar-refractivity contribution in [1.29, 1.82) is 0 Å². The van der Waals surface area contributed by atoms with E-state index in [1.807, 2.05) is 0 Å². The van der Waals surface area contributed by atoms with Crippen molar-refractivity contribution in [1.82, 2.24) is 0 Å². The first-order valence-corrected chi connectivity index (χ1v) is 13.7. The Morgan fingerprint density at radius 1 is 0.818 bits per heavy atom. The monoisotopic (exact) mass is 624 g/mol. The third-order valence-corrected chi connectivity index (χ3v) is 7.27. The number of hydrogen-bond donors (Lipinski definition) is 9. The topological polar surface area (TPSA) is 245 Å². The van der Waals surface area contributed by atoms with E-state index in [2.05, 4.69) is 0 Å². The van der Waals surface area contributed by atoms with Crippen LogP contribution < -0.4 is 0 Å². The van der Waals surface area contributed by atoms with Gasteiger partial charge in [-0.3, -0.25) is 0 Å². The van der Waals surface area contributed by atoms with Gasteiger partial charge in [-0.15, -0.1) is 0 Å². The van der Waals surface area contributed by atoms with Gasteiger partial charge in [-0.25, -0.2) is 4.79 Å². The summed E-state index contributed by atoms with van der Waals surface area (Å²) in [6, 6.07) is 7.98. The number of carbonyl (C=O) groups excluding carboxylic acids is 1. The maximum atomic E-state index is 12.8. The van der Waals surface area contributed by atoms with Crippen molar-refractivity contribution in [2.24, 2.45) is 0 Å². The second-order valence-electron chi connectivity index (χ2n) is 10.4. The summed E-state index contributed by atoms with van der Waals surface area (Å²) >= 11 is 0. The highest BCUT2D eigenvalue weighted by molar-refractivity contribution is 5.87. The minimum atomic E-state index is -1.77. The number of esters is 1. The van der Waals surface area contributed by atoms with Gasteiger partial charge in [0.25, 0.3) is 0 Å².